The third kappa shape index (κ3) is 2.06. The van der Waals surface area contributed by atoms with E-state index in [1.54, 1.807) is 13.3 Å². The molecule has 0 bridgehead atoms. The molecule has 2 N–H and O–H groups in total. The van der Waals surface area contributed by atoms with Gasteiger partial charge in [-0.2, -0.15) is 0 Å². The minimum absolute atomic E-state index is 0.105. The lowest BCUT2D eigenvalue weighted by atomic mass is 10.2. The van der Waals surface area contributed by atoms with Crippen molar-refractivity contribution in [2.45, 2.75) is 0 Å². The van der Waals surface area contributed by atoms with E-state index in [2.05, 4.69) is 10.3 Å². The van der Waals surface area contributed by atoms with Crippen molar-refractivity contribution >= 4 is 16.6 Å². The van der Waals surface area contributed by atoms with Gasteiger partial charge in [-0.25, -0.2) is 0 Å². The molecule has 0 amide bonds. The Hall–Kier alpha value is -1.81. The molecule has 0 spiro atoms. The fourth-order valence-electron chi connectivity index (χ4n) is 1.60. The van der Waals surface area contributed by atoms with Crippen LogP contribution in [0.15, 0.2) is 30.5 Å². The van der Waals surface area contributed by atoms with Crippen LogP contribution in [-0.2, 0) is 0 Å². The number of methoxy groups -OCH3 is 1. The van der Waals surface area contributed by atoms with E-state index in [9.17, 15) is 0 Å². The van der Waals surface area contributed by atoms with E-state index in [1.807, 2.05) is 24.3 Å². The van der Waals surface area contributed by atoms with Gasteiger partial charge in [-0.15, -0.1) is 0 Å². The molecule has 1 heterocycles. The minimum Gasteiger partial charge on any atom is -0.497 e. The lowest BCUT2D eigenvalue weighted by molar-refractivity contribution is 0.311. The molecule has 4 nitrogen and oxygen atoms in total. The summed E-state index contributed by atoms with van der Waals surface area (Å²) in [4.78, 5) is 4.27. The van der Waals surface area contributed by atoms with Crippen molar-refractivity contribution in [3.63, 3.8) is 0 Å². The molecule has 0 atom stereocenters. The number of aromatic nitrogens is 1. The number of hydrogen-bond donors (Lipinski definition) is 2. The Morgan fingerprint density at radius 2 is 2.25 bits per heavy atom. The lowest BCUT2D eigenvalue weighted by Crippen LogP contribution is -2.05. The predicted molar refractivity (Wildman–Crippen MR) is 63.9 cm³/mol. The molecule has 4 heteroatoms. The Bertz CT molecular complexity index is 485. The highest BCUT2D eigenvalue weighted by Gasteiger charge is 2.02. The van der Waals surface area contributed by atoms with Gasteiger partial charge in [-0.3, -0.25) is 4.98 Å². The van der Waals surface area contributed by atoms with E-state index < -0.39 is 0 Å². The van der Waals surface area contributed by atoms with Gasteiger partial charge in [-0.05, 0) is 24.3 Å². The Kier molecular flexibility index (Phi) is 3.22. The SMILES string of the molecule is COc1ccc2nccc(NCCO)c2c1. The molecule has 0 saturated heterocycles. The summed E-state index contributed by atoms with van der Waals surface area (Å²) < 4.78 is 5.18. The number of anilines is 1. The Morgan fingerprint density at radius 1 is 1.38 bits per heavy atom. The number of aliphatic hydroxyl groups excluding tert-OH is 1. The number of hydrogen-bond acceptors (Lipinski definition) is 4. The summed E-state index contributed by atoms with van der Waals surface area (Å²) in [7, 11) is 1.64. The van der Waals surface area contributed by atoms with Gasteiger partial charge in [0, 0.05) is 23.8 Å². The molecule has 1 aromatic carbocycles. The minimum atomic E-state index is 0.105. The maximum absolute atomic E-state index is 8.80. The first-order valence-electron chi connectivity index (χ1n) is 5.12. The average Bonchev–Trinajstić information content (AvgIpc) is 2.35. The van der Waals surface area contributed by atoms with Gasteiger partial charge in [0.05, 0.1) is 19.2 Å². The van der Waals surface area contributed by atoms with Crippen LogP contribution in [0.3, 0.4) is 0 Å². The van der Waals surface area contributed by atoms with Gasteiger partial charge >= 0.3 is 0 Å². The summed E-state index contributed by atoms with van der Waals surface area (Å²) in [6, 6.07) is 7.61. The molecule has 0 saturated carbocycles. The van der Waals surface area contributed by atoms with Gasteiger partial charge in [0.2, 0.25) is 0 Å². The molecular formula is C12H14N2O2. The molecule has 2 rings (SSSR count). The second kappa shape index (κ2) is 4.81. The molecule has 0 aliphatic rings. The summed E-state index contributed by atoms with van der Waals surface area (Å²) in [6.07, 6.45) is 1.74. The van der Waals surface area contributed by atoms with Crippen molar-refractivity contribution in [2.24, 2.45) is 0 Å². The topological polar surface area (TPSA) is 54.4 Å². The molecule has 0 radical (unpaired) electrons. The van der Waals surface area contributed by atoms with Crippen molar-refractivity contribution < 1.29 is 9.84 Å². The summed E-state index contributed by atoms with van der Waals surface area (Å²) >= 11 is 0. The number of benzene rings is 1. The Balaban J connectivity index is 2.46. The third-order valence-corrected chi connectivity index (χ3v) is 2.38. The quantitative estimate of drug-likeness (QED) is 0.819. The van der Waals surface area contributed by atoms with Crippen LogP contribution in [0.5, 0.6) is 5.75 Å². The van der Waals surface area contributed by atoms with Crippen LogP contribution in [-0.4, -0.2) is 30.4 Å². The first kappa shape index (κ1) is 10.7. The molecule has 0 aliphatic heterocycles. The van der Waals surface area contributed by atoms with Crippen LogP contribution in [0.4, 0.5) is 5.69 Å². The smallest absolute Gasteiger partial charge is 0.119 e. The average molecular weight is 218 g/mol. The number of fused-ring (bicyclic) bond motifs is 1. The fraction of sp³-hybridized carbons (Fsp3) is 0.250. The second-order valence-corrected chi connectivity index (χ2v) is 3.39. The van der Waals surface area contributed by atoms with Crippen molar-refractivity contribution in [1.29, 1.82) is 0 Å². The highest BCUT2D eigenvalue weighted by molar-refractivity contribution is 5.92. The number of nitrogens with zero attached hydrogens (tertiary/aromatic N) is 1. The summed E-state index contributed by atoms with van der Waals surface area (Å²) in [5.41, 5.74) is 1.86. The largest absolute Gasteiger partial charge is 0.497 e. The van der Waals surface area contributed by atoms with Crippen LogP contribution >= 0.6 is 0 Å². The monoisotopic (exact) mass is 218 g/mol. The van der Waals surface area contributed by atoms with Crippen LogP contribution in [0.2, 0.25) is 0 Å². The van der Waals surface area contributed by atoms with Crippen molar-refractivity contribution in [2.75, 3.05) is 25.6 Å². The van der Waals surface area contributed by atoms with Crippen molar-refractivity contribution in [1.82, 2.24) is 4.98 Å². The van der Waals surface area contributed by atoms with Crippen LogP contribution < -0.4 is 10.1 Å². The fourth-order valence-corrected chi connectivity index (χ4v) is 1.60. The van der Waals surface area contributed by atoms with E-state index in [1.165, 1.54) is 0 Å². The van der Waals surface area contributed by atoms with Crippen molar-refractivity contribution in [3.05, 3.63) is 30.5 Å². The first-order chi connectivity index (χ1) is 7.85. The summed E-state index contributed by atoms with van der Waals surface area (Å²) in [5, 5.41) is 12.9. The van der Waals surface area contributed by atoms with E-state index in [0.29, 0.717) is 6.54 Å². The zero-order valence-corrected chi connectivity index (χ0v) is 9.10. The third-order valence-electron chi connectivity index (χ3n) is 2.38. The van der Waals surface area contributed by atoms with Crippen LogP contribution in [0, 0.1) is 0 Å². The summed E-state index contributed by atoms with van der Waals surface area (Å²) in [6.45, 7) is 0.629. The highest BCUT2D eigenvalue weighted by atomic mass is 16.5. The highest BCUT2D eigenvalue weighted by Crippen LogP contribution is 2.25. The van der Waals surface area contributed by atoms with Crippen molar-refractivity contribution in [3.8, 4) is 5.75 Å². The van der Waals surface area contributed by atoms with E-state index in [0.717, 1.165) is 22.3 Å². The molecule has 84 valence electrons. The normalized spacial score (nSPS) is 10.4. The zero-order chi connectivity index (χ0) is 11.4. The molecule has 0 unspecified atom stereocenters. The molecule has 2 aromatic rings. The summed E-state index contributed by atoms with van der Waals surface area (Å²) in [5.74, 6) is 0.799. The Morgan fingerprint density at radius 3 is 3.00 bits per heavy atom. The number of ether oxygens (including phenoxy) is 1. The lowest BCUT2D eigenvalue weighted by Gasteiger charge is -2.09. The zero-order valence-electron chi connectivity index (χ0n) is 9.10. The molecular weight excluding hydrogens is 204 g/mol. The molecule has 1 aromatic heterocycles. The molecule has 0 aliphatic carbocycles. The van der Waals surface area contributed by atoms with Gasteiger partial charge in [-0.1, -0.05) is 0 Å². The van der Waals surface area contributed by atoms with E-state index >= 15 is 0 Å². The van der Waals surface area contributed by atoms with E-state index in [4.69, 9.17) is 9.84 Å². The molecule has 0 fully saturated rings. The number of aliphatic hydroxyl groups is 1. The van der Waals surface area contributed by atoms with Gasteiger partial charge in [0.1, 0.15) is 5.75 Å². The maximum Gasteiger partial charge on any atom is 0.119 e. The van der Waals surface area contributed by atoms with Gasteiger partial charge < -0.3 is 15.2 Å². The van der Waals surface area contributed by atoms with Gasteiger partial charge in [0.25, 0.3) is 0 Å². The number of pyridine rings is 1. The number of nitrogens with one attached hydrogen (secondary N) is 1. The van der Waals surface area contributed by atoms with Gasteiger partial charge in [0.15, 0.2) is 0 Å². The standard InChI is InChI=1S/C12H14N2O2/c1-16-9-2-3-11-10(8-9)12(4-5-13-11)14-6-7-15/h2-5,8,15H,6-7H2,1H3,(H,13,14). The Labute approximate surface area is 93.9 Å². The van der Waals surface area contributed by atoms with Crippen LogP contribution in [0.1, 0.15) is 0 Å². The first-order valence-corrected chi connectivity index (χ1v) is 5.12. The number of rotatable bonds is 4. The van der Waals surface area contributed by atoms with E-state index in [-0.39, 0.29) is 6.61 Å². The maximum atomic E-state index is 8.80. The molecule has 16 heavy (non-hydrogen) atoms. The predicted octanol–water partition coefficient (Wildman–Crippen LogP) is 1.65. The second-order valence-electron chi connectivity index (χ2n) is 3.39. The van der Waals surface area contributed by atoms with Crippen LogP contribution in [0.25, 0.3) is 10.9 Å².